The number of non-ortho nitro benzene ring substituents is 2. The van der Waals surface area contributed by atoms with Crippen LogP contribution in [0, 0.1) is 20.2 Å². The average molecular weight is 265 g/mol. The molecule has 0 N–H and O–H groups in total. The zero-order valence-corrected chi connectivity index (χ0v) is 10.3. The van der Waals surface area contributed by atoms with Gasteiger partial charge in [0.25, 0.3) is 17.3 Å². The highest BCUT2D eigenvalue weighted by Gasteiger charge is 2.44. The zero-order valence-electron chi connectivity index (χ0n) is 10.3. The Balaban J connectivity index is 2.42. The van der Waals surface area contributed by atoms with Gasteiger partial charge in [-0.1, -0.05) is 0 Å². The van der Waals surface area contributed by atoms with Crippen LogP contribution in [0.1, 0.15) is 24.2 Å². The normalized spacial score (nSPS) is 21.1. The quantitative estimate of drug-likeness (QED) is 0.470. The smallest absolute Gasteiger partial charge is 0.277 e. The van der Waals surface area contributed by atoms with Gasteiger partial charge in [-0.3, -0.25) is 25.0 Å². The molecule has 1 amide bonds. The Morgan fingerprint density at radius 3 is 1.79 bits per heavy atom. The molecule has 2 unspecified atom stereocenters. The van der Waals surface area contributed by atoms with E-state index in [2.05, 4.69) is 0 Å². The van der Waals surface area contributed by atoms with Crippen LogP contribution < -0.4 is 0 Å². The summed E-state index contributed by atoms with van der Waals surface area (Å²) in [5, 5.41) is 21.4. The Labute approximate surface area is 107 Å². The van der Waals surface area contributed by atoms with E-state index in [1.807, 2.05) is 13.8 Å². The summed E-state index contributed by atoms with van der Waals surface area (Å²) in [6.07, 6.45) is 0. The molecule has 19 heavy (non-hydrogen) atoms. The number of rotatable bonds is 3. The van der Waals surface area contributed by atoms with Crippen molar-refractivity contribution in [3.05, 3.63) is 44.0 Å². The molecular formula is C11H11N3O5. The molecule has 1 aromatic carbocycles. The van der Waals surface area contributed by atoms with E-state index in [0.717, 1.165) is 18.2 Å². The van der Waals surface area contributed by atoms with Crippen molar-refractivity contribution >= 4 is 17.3 Å². The molecule has 1 saturated heterocycles. The summed E-state index contributed by atoms with van der Waals surface area (Å²) < 4.78 is 0. The Morgan fingerprint density at radius 2 is 1.47 bits per heavy atom. The van der Waals surface area contributed by atoms with Crippen molar-refractivity contribution in [2.24, 2.45) is 0 Å². The number of nitro benzene ring substituents is 2. The van der Waals surface area contributed by atoms with Crippen LogP contribution in [0.2, 0.25) is 0 Å². The maximum Gasteiger partial charge on any atom is 0.277 e. The monoisotopic (exact) mass is 265 g/mol. The number of carbonyl (C=O) groups is 1. The lowest BCUT2D eigenvalue weighted by Gasteiger charge is -2.03. The molecule has 100 valence electrons. The average Bonchev–Trinajstić information content (AvgIpc) is 2.95. The molecule has 2 atom stereocenters. The molecule has 0 saturated carbocycles. The predicted octanol–water partition coefficient (Wildman–Crippen LogP) is 1.74. The zero-order chi connectivity index (χ0) is 14.3. The number of amides is 1. The summed E-state index contributed by atoms with van der Waals surface area (Å²) in [5.41, 5.74) is -0.948. The van der Waals surface area contributed by atoms with E-state index >= 15 is 0 Å². The minimum Gasteiger partial charge on any atom is -0.329 e. The third kappa shape index (κ3) is 2.24. The third-order valence-electron chi connectivity index (χ3n) is 3.29. The number of benzene rings is 1. The summed E-state index contributed by atoms with van der Waals surface area (Å²) in [7, 11) is 0. The highest BCUT2D eigenvalue weighted by Crippen LogP contribution is 2.31. The number of nitro groups is 2. The molecule has 0 aromatic heterocycles. The maximum absolute atomic E-state index is 12.1. The summed E-state index contributed by atoms with van der Waals surface area (Å²) in [4.78, 5) is 33.5. The molecule has 8 heteroatoms. The van der Waals surface area contributed by atoms with Gasteiger partial charge in [-0.2, -0.15) is 0 Å². The maximum atomic E-state index is 12.1. The number of carbonyl (C=O) groups excluding carboxylic acids is 1. The fourth-order valence-corrected chi connectivity index (χ4v) is 1.95. The van der Waals surface area contributed by atoms with Gasteiger partial charge >= 0.3 is 0 Å². The lowest BCUT2D eigenvalue weighted by atomic mass is 10.1. The molecule has 1 aliphatic heterocycles. The predicted molar refractivity (Wildman–Crippen MR) is 64.8 cm³/mol. The molecular weight excluding hydrogens is 254 g/mol. The highest BCUT2D eigenvalue weighted by atomic mass is 16.6. The summed E-state index contributed by atoms with van der Waals surface area (Å²) >= 11 is 0. The van der Waals surface area contributed by atoms with Crippen LogP contribution in [-0.2, 0) is 0 Å². The summed E-state index contributed by atoms with van der Waals surface area (Å²) in [6.45, 7) is 3.68. The SMILES string of the molecule is CC1C(C)N1C(=O)c1cc([N+](=O)[O-])cc([N+](=O)[O-])c1. The van der Waals surface area contributed by atoms with Crippen molar-refractivity contribution < 1.29 is 14.6 Å². The molecule has 2 rings (SSSR count). The van der Waals surface area contributed by atoms with Crippen LogP contribution in [0.4, 0.5) is 11.4 Å². The highest BCUT2D eigenvalue weighted by molar-refractivity contribution is 5.97. The third-order valence-corrected chi connectivity index (χ3v) is 3.29. The van der Waals surface area contributed by atoms with Gasteiger partial charge in [-0.05, 0) is 13.8 Å². The van der Waals surface area contributed by atoms with E-state index in [1.165, 1.54) is 4.90 Å². The van der Waals surface area contributed by atoms with Gasteiger partial charge in [0.15, 0.2) is 0 Å². The molecule has 0 bridgehead atoms. The lowest BCUT2D eigenvalue weighted by Crippen LogP contribution is -2.14. The van der Waals surface area contributed by atoms with E-state index in [-0.39, 0.29) is 17.6 Å². The van der Waals surface area contributed by atoms with Gasteiger partial charge in [0, 0.05) is 24.2 Å². The summed E-state index contributed by atoms with van der Waals surface area (Å²) in [6, 6.07) is 3.06. The van der Waals surface area contributed by atoms with E-state index in [9.17, 15) is 25.0 Å². The van der Waals surface area contributed by atoms with Gasteiger partial charge in [0.1, 0.15) is 0 Å². The van der Waals surface area contributed by atoms with Gasteiger partial charge in [0.2, 0.25) is 0 Å². The summed E-state index contributed by atoms with van der Waals surface area (Å²) in [5.74, 6) is -0.424. The molecule has 1 heterocycles. The van der Waals surface area contributed by atoms with Crippen LogP contribution in [0.5, 0.6) is 0 Å². The van der Waals surface area contributed by atoms with E-state index in [0.29, 0.717) is 0 Å². The second-order valence-electron chi connectivity index (χ2n) is 4.45. The minimum absolute atomic E-state index is 0.0305. The van der Waals surface area contributed by atoms with Crippen LogP contribution in [-0.4, -0.2) is 32.7 Å². The van der Waals surface area contributed by atoms with Gasteiger partial charge in [-0.25, -0.2) is 0 Å². The van der Waals surface area contributed by atoms with Crippen LogP contribution in [0.15, 0.2) is 18.2 Å². The second kappa shape index (κ2) is 4.30. The molecule has 1 aromatic rings. The topological polar surface area (TPSA) is 106 Å². The first-order chi connectivity index (χ1) is 8.82. The second-order valence-corrected chi connectivity index (χ2v) is 4.45. The van der Waals surface area contributed by atoms with Crippen molar-refractivity contribution in [1.82, 2.24) is 4.90 Å². The molecule has 0 aliphatic carbocycles. The van der Waals surface area contributed by atoms with Crippen molar-refractivity contribution in [3.63, 3.8) is 0 Å². The first-order valence-corrected chi connectivity index (χ1v) is 5.59. The number of hydrogen-bond donors (Lipinski definition) is 0. The minimum atomic E-state index is -0.751. The van der Waals surface area contributed by atoms with Crippen LogP contribution in [0.25, 0.3) is 0 Å². The Bertz CT molecular complexity index is 545. The Kier molecular flexibility index (Phi) is 2.93. The van der Waals surface area contributed by atoms with E-state index < -0.39 is 27.1 Å². The van der Waals surface area contributed by atoms with Crippen molar-refractivity contribution in [2.75, 3.05) is 0 Å². The van der Waals surface area contributed by atoms with Crippen LogP contribution in [0.3, 0.4) is 0 Å². The fourth-order valence-electron chi connectivity index (χ4n) is 1.95. The van der Waals surface area contributed by atoms with Crippen molar-refractivity contribution in [3.8, 4) is 0 Å². The van der Waals surface area contributed by atoms with Crippen molar-refractivity contribution in [2.45, 2.75) is 25.9 Å². The Hall–Kier alpha value is -2.51. The van der Waals surface area contributed by atoms with Gasteiger partial charge in [-0.15, -0.1) is 0 Å². The van der Waals surface area contributed by atoms with Crippen molar-refractivity contribution in [1.29, 1.82) is 0 Å². The molecule has 1 aliphatic rings. The van der Waals surface area contributed by atoms with Gasteiger partial charge in [0.05, 0.1) is 21.5 Å². The molecule has 1 fully saturated rings. The fraction of sp³-hybridized carbons (Fsp3) is 0.364. The molecule has 8 nitrogen and oxygen atoms in total. The van der Waals surface area contributed by atoms with Gasteiger partial charge < -0.3 is 4.90 Å². The molecule has 0 radical (unpaired) electrons. The van der Waals surface area contributed by atoms with E-state index in [4.69, 9.17) is 0 Å². The Morgan fingerprint density at radius 1 is 1.05 bits per heavy atom. The van der Waals surface area contributed by atoms with E-state index in [1.54, 1.807) is 0 Å². The first-order valence-electron chi connectivity index (χ1n) is 5.59. The molecule has 0 spiro atoms. The first kappa shape index (κ1) is 12.9. The lowest BCUT2D eigenvalue weighted by molar-refractivity contribution is -0.394. The number of nitrogens with zero attached hydrogens (tertiary/aromatic N) is 3. The largest absolute Gasteiger partial charge is 0.329 e. The van der Waals surface area contributed by atoms with Crippen LogP contribution >= 0.6 is 0 Å². The standard InChI is InChI=1S/C11H11N3O5/c1-6-7(2)12(6)11(15)8-3-9(13(16)17)5-10(4-8)14(18)19/h3-7H,1-2H3. The number of hydrogen-bond acceptors (Lipinski definition) is 5.